The van der Waals surface area contributed by atoms with E-state index in [1.54, 1.807) is 55.5 Å². The molecule has 0 aromatic heterocycles. The Kier molecular flexibility index (Phi) is 5.28. The Balaban J connectivity index is 2.05. The van der Waals surface area contributed by atoms with Gasteiger partial charge in [0.1, 0.15) is 0 Å². The van der Waals surface area contributed by atoms with Crippen LogP contribution in [0.15, 0.2) is 82.1 Å². The number of nitrogens with one attached hydrogen (secondary N) is 1. The molecule has 0 radical (unpaired) electrons. The quantitative estimate of drug-likeness (QED) is 0.554. The van der Waals surface area contributed by atoms with Gasteiger partial charge in [-0.15, -0.1) is 10.1 Å². The minimum Gasteiger partial charge on any atom is -0.872 e. The molecule has 5 nitrogen and oxygen atoms in total. The van der Waals surface area contributed by atoms with Gasteiger partial charge in [-0.1, -0.05) is 59.7 Å². The highest BCUT2D eigenvalue weighted by molar-refractivity contribution is 7.90. The van der Waals surface area contributed by atoms with E-state index in [0.717, 1.165) is 5.56 Å². The molecule has 0 bridgehead atoms. The fourth-order valence-electron chi connectivity index (χ4n) is 2.49. The number of benzene rings is 3. The lowest BCUT2D eigenvalue weighted by Gasteiger charge is -2.14. The Morgan fingerprint density at radius 1 is 0.926 bits per heavy atom. The minimum absolute atomic E-state index is 0.0778. The molecule has 0 unspecified atom stereocenters. The van der Waals surface area contributed by atoms with E-state index in [0.29, 0.717) is 16.8 Å². The molecule has 6 heteroatoms. The second-order valence-corrected chi connectivity index (χ2v) is 7.80. The van der Waals surface area contributed by atoms with Gasteiger partial charge in [0.2, 0.25) is 0 Å². The smallest absolute Gasteiger partial charge is 0.284 e. The van der Waals surface area contributed by atoms with E-state index in [1.165, 1.54) is 18.2 Å². The standard InChI is InChI=1S/C21H20N2O3S/c1-15-8-11-19(12-9-15)27(25,26)23-21(17-6-4-3-5-7-17)22-18-10-13-20(24)16(2)14-18/h3-14,24H,1-2H3,(H,22,23)/p-1. The summed E-state index contributed by atoms with van der Waals surface area (Å²) in [7, 11) is -3.90. The Bertz CT molecular complexity index is 1070. The lowest BCUT2D eigenvalue weighted by Crippen LogP contribution is -2.16. The van der Waals surface area contributed by atoms with Crippen molar-refractivity contribution in [1.29, 1.82) is 0 Å². The predicted octanol–water partition coefficient (Wildman–Crippen LogP) is 3.62. The molecule has 0 aliphatic carbocycles. The van der Waals surface area contributed by atoms with Crippen molar-refractivity contribution in [3.8, 4) is 5.75 Å². The van der Waals surface area contributed by atoms with Gasteiger partial charge in [-0.2, -0.15) is 8.42 Å². The van der Waals surface area contributed by atoms with E-state index in [-0.39, 0.29) is 16.5 Å². The Morgan fingerprint density at radius 3 is 2.22 bits per heavy atom. The summed E-state index contributed by atoms with van der Waals surface area (Å²) in [6.07, 6.45) is 0. The lowest BCUT2D eigenvalue weighted by molar-refractivity contribution is -0.269. The lowest BCUT2D eigenvalue weighted by atomic mass is 10.1. The molecule has 3 aromatic carbocycles. The van der Waals surface area contributed by atoms with Crippen LogP contribution in [-0.2, 0) is 10.0 Å². The van der Waals surface area contributed by atoms with Gasteiger partial charge >= 0.3 is 0 Å². The highest BCUT2D eigenvalue weighted by atomic mass is 32.2. The van der Waals surface area contributed by atoms with Crippen molar-refractivity contribution in [2.24, 2.45) is 4.40 Å². The Morgan fingerprint density at radius 2 is 1.59 bits per heavy atom. The van der Waals surface area contributed by atoms with E-state index < -0.39 is 10.0 Å². The number of hydrogen-bond donors (Lipinski definition) is 1. The van der Waals surface area contributed by atoms with Gasteiger partial charge in [0.15, 0.2) is 5.84 Å². The molecule has 1 N–H and O–H groups in total. The summed E-state index contributed by atoms with van der Waals surface area (Å²) >= 11 is 0. The largest absolute Gasteiger partial charge is 0.872 e. The molecule has 0 aliphatic rings. The number of nitrogens with zero attached hydrogens (tertiary/aromatic N) is 1. The summed E-state index contributed by atoms with van der Waals surface area (Å²) in [4.78, 5) is 0.120. The van der Waals surface area contributed by atoms with Crippen molar-refractivity contribution < 1.29 is 13.5 Å². The van der Waals surface area contributed by atoms with E-state index in [1.807, 2.05) is 13.0 Å². The summed E-state index contributed by atoms with van der Waals surface area (Å²) in [5.74, 6) is 0.111. The number of sulfonamides is 1. The van der Waals surface area contributed by atoms with Crippen molar-refractivity contribution in [3.05, 3.63) is 89.5 Å². The first kappa shape index (κ1) is 18.7. The molecule has 27 heavy (non-hydrogen) atoms. The highest BCUT2D eigenvalue weighted by Crippen LogP contribution is 2.20. The third kappa shape index (κ3) is 4.54. The van der Waals surface area contributed by atoms with Gasteiger partial charge in [0, 0.05) is 11.3 Å². The minimum atomic E-state index is -3.90. The molecule has 138 valence electrons. The van der Waals surface area contributed by atoms with Crippen LogP contribution in [0.2, 0.25) is 0 Å². The van der Waals surface area contributed by atoms with Crippen LogP contribution >= 0.6 is 0 Å². The fraction of sp³-hybridized carbons (Fsp3) is 0.0952. The summed E-state index contributed by atoms with van der Waals surface area (Å²) in [6.45, 7) is 3.59. The number of anilines is 1. The molecule has 0 amide bonds. The van der Waals surface area contributed by atoms with Crippen molar-refractivity contribution in [1.82, 2.24) is 0 Å². The molecule has 0 saturated carbocycles. The first-order valence-corrected chi connectivity index (χ1v) is 9.81. The molecule has 0 saturated heterocycles. The molecule has 0 spiro atoms. The van der Waals surface area contributed by atoms with Gasteiger partial charge in [0.25, 0.3) is 10.0 Å². The van der Waals surface area contributed by atoms with Crippen LogP contribution in [0.1, 0.15) is 16.7 Å². The number of rotatable bonds is 4. The number of aryl methyl sites for hydroxylation is 2. The van der Waals surface area contributed by atoms with Crippen LogP contribution in [0.4, 0.5) is 5.69 Å². The van der Waals surface area contributed by atoms with Gasteiger partial charge < -0.3 is 10.4 Å². The first-order valence-electron chi connectivity index (χ1n) is 8.37. The second-order valence-electron chi connectivity index (χ2n) is 6.20. The average molecular weight is 379 g/mol. The van der Waals surface area contributed by atoms with Crippen molar-refractivity contribution >= 4 is 21.5 Å². The maximum absolute atomic E-state index is 12.8. The van der Waals surface area contributed by atoms with Gasteiger partial charge in [0.05, 0.1) is 4.90 Å². The van der Waals surface area contributed by atoms with Gasteiger partial charge in [-0.25, -0.2) is 0 Å². The van der Waals surface area contributed by atoms with Crippen molar-refractivity contribution in [2.45, 2.75) is 18.7 Å². The summed E-state index contributed by atoms with van der Waals surface area (Å²) in [5, 5.41) is 14.6. The maximum atomic E-state index is 12.8. The molecule has 0 fully saturated rings. The molecule has 3 rings (SSSR count). The summed E-state index contributed by atoms with van der Waals surface area (Å²) in [5.41, 5.74) is 2.74. The molecule has 0 atom stereocenters. The third-order valence-corrected chi connectivity index (χ3v) is 5.31. The zero-order valence-corrected chi connectivity index (χ0v) is 15.8. The molecule has 3 aromatic rings. The van der Waals surface area contributed by atoms with Crippen LogP contribution in [0.5, 0.6) is 5.75 Å². The first-order chi connectivity index (χ1) is 12.8. The van der Waals surface area contributed by atoms with E-state index in [4.69, 9.17) is 0 Å². The van der Waals surface area contributed by atoms with Crippen molar-refractivity contribution in [3.63, 3.8) is 0 Å². The van der Waals surface area contributed by atoms with E-state index in [2.05, 4.69) is 9.71 Å². The Hall–Kier alpha value is -3.12. The van der Waals surface area contributed by atoms with Crippen LogP contribution < -0.4 is 10.4 Å². The fourth-order valence-corrected chi connectivity index (χ4v) is 3.47. The van der Waals surface area contributed by atoms with Gasteiger partial charge in [-0.05, 0) is 38.1 Å². The normalized spacial score (nSPS) is 12.0. The molecular weight excluding hydrogens is 360 g/mol. The van der Waals surface area contributed by atoms with E-state index in [9.17, 15) is 13.5 Å². The van der Waals surface area contributed by atoms with Gasteiger partial charge in [-0.3, -0.25) is 0 Å². The molecular formula is C21H19N2O3S-. The zero-order chi connectivity index (χ0) is 19.4. The molecule has 0 heterocycles. The third-order valence-electron chi connectivity index (χ3n) is 4.02. The topological polar surface area (TPSA) is 81.6 Å². The average Bonchev–Trinajstić information content (AvgIpc) is 2.65. The van der Waals surface area contributed by atoms with Crippen LogP contribution in [-0.4, -0.2) is 14.3 Å². The summed E-state index contributed by atoms with van der Waals surface area (Å²) < 4.78 is 29.5. The van der Waals surface area contributed by atoms with E-state index >= 15 is 0 Å². The number of hydrogen-bond acceptors (Lipinski definition) is 3. The zero-order valence-electron chi connectivity index (χ0n) is 15.0. The van der Waals surface area contributed by atoms with Crippen LogP contribution in [0.3, 0.4) is 0 Å². The van der Waals surface area contributed by atoms with Crippen LogP contribution in [0, 0.1) is 13.8 Å². The number of amidine groups is 1. The SMILES string of the molecule is Cc1ccc(S(=O)(=O)N=C(Nc2ccc([O-])c(C)c2)c2ccccc2)cc1. The highest BCUT2D eigenvalue weighted by Gasteiger charge is 2.16. The molecule has 0 aliphatic heterocycles. The Labute approximate surface area is 159 Å². The monoisotopic (exact) mass is 379 g/mol. The van der Waals surface area contributed by atoms with Crippen molar-refractivity contribution in [2.75, 3.05) is 5.32 Å². The summed E-state index contributed by atoms with van der Waals surface area (Å²) in [6, 6.07) is 20.2. The maximum Gasteiger partial charge on any atom is 0.284 e. The van der Waals surface area contributed by atoms with Crippen LogP contribution in [0.25, 0.3) is 0 Å². The predicted molar refractivity (Wildman–Crippen MR) is 106 cm³/mol. The second kappa shape index (κ2) is 7.63.